The zero-order valence-corrected chi connectivity index (χ0v) is 21.4. The number of non-ortho nitro benzene ring substituents is 1. The number of nitro benzene ring substituents is 1. The van der Waals surface area contributed by atoms with E-state index in [0.717, 1.165) is 62.1 Å². The number of aliphatic hydroxyl groups excluding tert-OH is 1. The maximum Gasteiger partial charge on any atom is 0.269 e. The van der Waals surface area contributed by atoms with Crippen LogP contribution in [0.5, 0.6) is 0 Å². The van der Waals surface area contributed by atoms with Crippen LogP contribution in [-0.4, -0.2) is 53.8 Å². The number of nitro groups is 1. The number of nitrogens with zero attached hydrogens (tertiary/aromatic N) is 3. The summed E-state index contributed by atoms with van der Waals surface area (Å²) in [5.41, 5.74) is 6.77. The Bertz CT molecular complexity index is 1120. The first kappa shape index (κ1) is 25.9. The van der Waals surface area contributed by atoms with Crippen molar-refractivity contribution in [1.29, 1.82) is 0 Å². The van der Waals surface area contributed by atoms with Crippen LogP contribution in [0.4, 0.5) is 11.4 Å². The van der Waals surface area contributed by atoms with Gasteiger partial charge >= 0.3 is 0 Å². The molecule has 36 heavy (non-hydrogen) atoms. The Morgan fingerprint density at radius 3 is 2.14 bits per heavy atom. The Hall–Kier alpha value is -3.22. The number of anilines is 1. The van der Waals surface area contributed by atoms with Crippen LogP contribution in [0.2, 0.25) is 0 Å². The van der Waals surface area contributed by atoms with Crippen LogP contribution in [0.15, 0.2) is 77.9 Å². The lowest BCUT2D eigenvalue weighted by molar-refractivity contribution is -0.384. The predicted molar refractivity (Wildman–Crippen MR) is 147 cm³/mol. The summed E-state index contributed by atoms with van der Waals surface area (Å²) in [6.07, 6.45) is 10.0. The normalized spacial score (nSPS) is 17.2. The Balaban J connectivity index is 1.72. The highest BCUT2D eigenvalue weighted by Gasteiger charge is 2.20. The van der Waals surface area contributed by atoms with E-state index in [2.05, 4.69) is 66.1 Å². The molecule has 2 aromatic rings. The first-order chi connectivity index (χ1) is 17.5. The van der Waals surface area contributed by atoms with Gasteiger partial charge in [-0.2, -0.15) is 0 Å². The van der Waals surface area contributed by atoms with Gasteiger partial charge in [0.2, 0.25) is 0 Å². The maximum absolute atomic E-state index is 11.3. The Morgan fingerprint density at radius 2 is 1.61 bits per heavy atom. The standard InChI is InChI=1S/C30H37N3O3/c1-23(2)31-18-20-32(21-19-31)27-14-10-25(11-15-27)30(26-12-16-28(17-13-26)33(35)36)29(9-6-22-34)24-7-4-3-5-8-24/h4,7-8,10-17,23,34H,3,5-6,9,18-22H2,1-2H3/b30-29+. The summed E-state index contributed by atoms with van der Waals surface area (Å²) in [6.45, 7) is 8.79. The van der Waals surface area contributed by atoms with E-state index in [1.807, 2.05) is 12.1 Å². The van der Waals surface area contributed by atoms with E-state index < -0.39 is 0 Å². The van der Waals surface area contributed by atoms with Gasteiger partial charge in [-0.3, -0.25) is 15.0 Å². The van der Waals surface area contributed by atoms with Crippen molar-refractivity contribution in [3.8, 4) is 0 Å². The van der Waals surface area contributed by atoms with Crippen molar-refractivity contribution in [2.75, 3.05) is 37.7 Å². The second-order valence-electron chi connectivity index (χ2n) is 9.79. The summed E-state index contributed by atoms with van der Waals surface area (Å²) in [6, 6.07) is 16.2. The molecule has 0 spiro atoms. The lowest BCUT2D eigenvalue weighted by Crippen LogP contribution is -2.48. The van der Waals surface area contributed by atoms with Crippen LogP contribution in [0.3, 0.4) is 0 Å². The smallest absolute Gasteiger partial charge is 0.269 e. The molecule has 0 saturated carbocycles. The predicted octanol–water partition coefficient (Wildman–Crippen LogP) is 5.98. The van der Waals surface area contributed by atoms with E-state index in [9.17, 15) is 15.2 Å². The van der Waals surface area contributed by atoms with Crippen LogP contribution >= 0.6 is 0 Å². The van der Waals surface area contributed by atoms with E-state index in [4.69, 9.17) is 0 Å². The van der Waals surface area contributed by atoms with Gasteiger partial charge in [-0.05, 0) is 91.6 Å². The Kier molecular flexibility index (Phi) is 8.73. The third-order valence-electron chi connectivity index (χ3n) is 7.16. The number of rotatable bonds is 9. The van der Waals surface area contributed by atoms with Gasteiger partial charge in [0, 0.05) is 56.6 Å². The fourth-order valence-corrected chi connectivity index (χ4v) is 5.11. The first-order valence-electron chi connectivity index (χ1n) is 13.0. The lowest BCUT2D eigenvalue weighted by atomic mass is 9.85. The molecule has 2 aromatic carbocycles. The quantitative estimate of drug-likeness (QED) is 0.348. The van der Waals surface area contributed by atoms with E-state index in [0.29, 0.717) is 12.5 Å². The number of piperazine rings is 1. The van der Waals surface area contributed by atoms with Crippen LogP contribution in [-0.2, 0) is 0 Å². The molecule has 1 saturated heterocycles. The second-order valence-corrected chi connectivity index (χ2v) is 9.79. The fourth-order valence-electron chi connectivity index (χ4n) is 5.11. The van der Waals surface area contributed by atoms with Gasteiger partial charge in [0.05, 0.1) is 4.92 Å². The molecule has 1 fully saturated rings. The molecule has 0 amide bonds. The summed E-state index contributed by atoms with van der Waals surface area (Å²) in [5, 5.41) is 20.9. The second kappa shape index (κ2) is 12.2. The van der Waals surface area contributed by atoms with Crippen LogP contribution in [0.1, 0.15) is 50.7 Å². The minimum Gasteiger partial charge on any atom is -0.396 e. The number of aliphatic hydroxyl groups is 1. The van der Waals surface area contributed by atoms with E-state index in [1.54, 1.807) is 12.1 Å². The van der Waals surface area contributed by atoms with Gasteiger partial charge in [-0.25, -0.2) is 0 Å². The van der Waals surface area contributed by atoms with Crippen molar-refractivity contribution in [2.45, 2.75) is 45.6 Å². The monoisotopic (exact) mass is 487 g/mol. The number of hydrogen-bond donors (Lipinski definition) is 1. The molecular weight excluding hydrogens is 450 g/mol. The SMILES string of the molecule is CC(C)N1CCN(c2ccc(/C(=C(/CCCO)C3=CCCC=C3)c3ccc([N+](=O)[O-])cc3)cc2)CC1. The maximum atomic E-state index is 11.3. The molecule has 6 nitrogen and oxygen atoms in total. The molecule has 0 bridgehead atoms. The number of benzene rings is 2. The largest absolute Gasteiger partial charge is 0.396 e. The first-order valence-corrected chi connectivity index (χ1v) is 13.0. The van der Waals surface area contributed by atoms with E-state index >= 15 is 0 Å². The summed E-state index contributed by atoms with van der Waals surface area (Å²) in [7, 11) is 0. The average molecular weight is 488 g/mol. The Labute approximate surface area is 214 Å². The third kappa shape index (κ3) is 6.12. The van der Waals surface area contributed by atoms with Crippen molar-refractivity contribution in [1.82, 2.24) is 4.90 Å². The van der Waals surface area contributed by atoms with Crippen LogP contribution in [0.25, 0.3) is 5.57 Å². The van der Waals surface area contributed by atoms with Gasteiger partial charge in [0.1, 0.15) is 0 Å². The molecule has 1 aliphatic heterocycles. The molecule has 1 heterocycles. The molecule has 1 N–H and O–H groups in total. The molecule has 6 heteroatoms. The minimum absolute atomic E-state index is 0.0858. The Morgan fingerprint density at radius 1 is 0.972 bits per heavy atom. The van der Waals surface area contributed by atoms with E-state index in [1.165, 1.54) is 16.8 Å². The number of allylic oxidation sites excluding steroid dienone is 5. The van der Waals surface area contributed by atoms with Crippen LogP contribution in [0, 0.1) is 10.1 Å². The van der Waals surface area contributed by atoms with Gasteiger partial charge in [0.15, 0.2) is 0 Å². The molecule has 0 aromatic heterocycles. The van der Waals surface area contributed by atoms with Gasteiger partial charge in [-0.15, -0.1) is 0 Å². The molecular formula is C30H37N3O3. The molecule has 0 unspecified atom stereocenters. The summed E-state index contributed by atoms with van der Waals surface area (Å²) in [5.74, 6) is 0. The fraction of sp³-hybridized carbons (Fsp3) is 0.400. The highest BCUT2D eigenvalue weighted by atomic mass is 16.6. The van der Waals surface area contributed by atoms with Gasteiger partial charge in [0.25, 0.3) is 5.69 Å². The van der Waals surface area contributed by atoms with Crippen molar-refractivity contribution >= 4 is 16.9 Å². The van der Waals surface area contributed by atoms with Crippen molar-refractivity contribution in [3.05, 3.63) is 99.1 Å². The summed E-state index contributed by atoms with van der Waals surface area (Å²) in [4.78, 5) is 15.9. The summed E-state index contributed by atoms with van der Waals surface area (Å²) >= 11 is 0. The molecule has 0 radical (unpaired) electrons. The topological polar surface area (TPSA) is 69.8 Å². The average Bonchev–Trinajstić information content (AvgIpc) is 2.92. The lowest BCUT2D eigenvalue weighted by Gasteiger charge is -2.38. The highest BCUT2D eigenvalue weighted by Crippen LogP contribution is 2.36. The zero-order valence-electron chi connectivity index (χ0n) is 21.4. The molecule has 190 valence electrons. The van der Waals surface area contributed by atoms with Crippen molar-refractivity contribution in [2.24, 2.45) is 0 Å². The van der Waals surface area contributed by atoms with Crippen molar-refractivity contribution < 1.29 is 10.0 Å². The van der Waals surface area contributed by atoms with Gasteiger partial charge in [-0.1, -0.05) is 30.4 Å². The molecule has 0 atom stereocenters. The number of hydrogen-bond acceptors (Lipinski definition) is 5. The van der Waals surface area contributed by atoms with Crippen molar-refractivity contribution in [3.63, 3.8) is 0 Å². The third-order valence-corrected chi connectivity index (χ3v) is 7.16. The summed E-state index contributed by atoms with van der Waals surface area (Å²) < 4.78 is 0. The molecule has 1 aliphatic carbocycles. The molecule has 2 aliphatic rings. The highest BCUT2D eigenvalue weighted by molar-refractivity contribution is 5.86. The van der Waals surface area contributed by atoms with Crippen LogP contribution < -0.4 is 4.90 Å². The molecule has 4 rings (SSSR count). The minimum atomic E-state index is -0.361. The van der Waals surface area contributed by atoms with E-state index in [-0.39, 0.29) is 17.2 Å². The zero-order chi connectivity index (χ0) is 25.5. The van der Waals surface area contributed by atoms with Gasteiger partial charge < -0.3 is 10.0 Å².